The average molecular weight is 254 g/mol. The highest BCUT2D eigenvalue weighted by Crippen LogP contribution is 2.32. The van der Waals surface area contributed by atoms with E-state index in [4.69, 9.17) is 10.5 Å². The van der Waals surface area contributed by atoms with E-state index >= 15 is 0 Å². The summed E-state index contributed by atoms with van der Waals surface area (Å²) in [5.41, 5.74) is 6.81. The van der Waals surface area contributed by atoms with E-state index in [2.05, 4.69) is 18.7 Å². The standard InChI is InChI=1S/C15H30N2O/c1-3-15(2,17-9-5-4-6-10-17)14(16)13-8-7-11-18-12-13/h13-14H,3-12,16H2,1-2H3. The molecule has 106 valence electrons. The molecule has 0 aliphatic carbocycles. The lowest BCUT2D eigenvalue weighted by Gasteiger charge is -2.49. The van der Waals surface area contributed by atoms with Crippen LogP contribution in [0.25, 0.3) is 0 Å². The van der Waals surface area contributed by atoms with Crippen LogP contribution in [0.3, 0.4) is 0 Å². The summed E-state index contributed by atoms with van der Waals surface area (Å²) in [6, 6.07) is 0.251. The molecular weight excluding hydrogens is 224 g/mol. The summed E-state index contributed by atoms with van der Waals surface area (Å²) in [4.78, 5) is 2.65. The molecule has 0 aromatic heterocycles. The number of nitrogens with zero attached hydrogens (tertiary/aromatic N) is 1. The van der Waals surface area contributed by atoms with Gasteiger partial charge in [0.25, 0.3) is 0 Å². The van der Waals surface area contributed by atoms with Gasteiger partial charge in [0.1, 0.15) is 0 Å². The Labute approximate surface area is 112 Å². The number of piperidine rings is 1. The molecule has 0 bridgehead atoms. The minimum Gasteiger partial charge on any atom is -0.381 e. The van der Waals surface area contributed by atoms with E-state index < -0.39 is 0 Å². The molecule has 2 aliphatic heterocycles. The van der Waals surface area contributed by atoms with E-state index in [1.54, 1.807) is 0 Å². The Bertz CT molecular complexity index is 247. The van der Waals surface area contributed by atoms with E-state index in [0.29, 0.717) is 5.92 Å². The summed E-state index contributed by atoms with van der Waals surface area (Å²) in [6.07, 6.45) is 7.62. The van der Waals surface area contributed by atoms with Crippen LogP contribution >= 0.6 is 0 Å². The molecule has 2 saturated heterocycles. The van der Waals surface area contributed by atoms with Crippen LogP contribution in [0.2, 0.25) is 0 Å². The molecule has 0 aromatic rings. The third-order valence-electron chi connectivity index (χ3n) is 5.22. The Hall–Kier alpha value is -0.120. The highest BCUT2D eigenvalue weighted by atomic mass is 16.5. The molecule has 3 atom stereocenters. The normalized spacial score (nSPS) is 31.8. The van der Waals surface area contributed by atoms with Crippen LogP contribution < -0.4 is 5.73 Å². The molecule has 2 N–H and O–H groups in total. The van der Waals surface area contributed by atoms with Gasteiger partial charge >= 0.3 is 0 Å². The third-order valence-corrected chi connectivity index (χ3v) is 5.22. The molecule has 2 aliphatic rings. The predicted octanol–water partition coefficient (Wildman–Crippen LogP) is 2.39. The lowest BCUT2D eigenvalue weighted by molar-refractivity contribution is -0.0114. The van der Waals surface area contributed by atoms with Gasteiger partial charge in [0, 0.05) is 18.2 Å². The predicted molar refractivity (Wildman–Crippen MR) is 75.6 cm³/mol. The van der Waals surface area contributed by atoms with Gasteiger partial charge in [0.15, 0.2) is 0 Å². The largest absolute Gasteiger partial charge is 0.381 e. The second-order valence-corrected chi connectivity index (χ2v) is 6.26. The van der Waals surface area contributed by atoms with Gasteiger partial charge < -0.3 is 10.5 Å². The molecule has 0 amide bonds. The third kappa shape index (κ3) is 2.89. The van der Waals surface area contributed by atoms with Crippen LogP contribution in [0.1, 0.15) is 52.4 Å². The average Bonchev–Trinajstić information content (AvgIpc) is 2.47. The minimum absolute atomic E-state index is 0.159. The maximum atomic E-state index is 6.65. The molecule has 0 spiro atoms. The number of likely N-dealkylation sites (tertiary alicyclic amines) is 1. The van der Waals surface area contributed by atoms with Crippen LogP contribution in [0.15, 0.2) is 0 Å². The summed E-state index contributed by atoms with van der Waals surface area (Å²) in [6.45, 7) is 8.91. The molecular formula is C15H30N2O. The summed E-state index contributed by atoms with van der Waals surface area (Å²) < 4.78 is 5.63. The van der Waals surface area contributed by atoms with E-state index in [9.17, 15) is 0 Å². The summed E-state index contributed by atoms with van der Waals surface area (Å²) >= 11 is 0. The Kier molecular flexibility index (Phi) is 5.05. The zero-order chi connectivity index (χ0) is 13.0. The second kappa shape index (κ2) is 6.36. The molecule has 3 unspecified atom stereocenters. The lowest BCUT2D eigenvalue weighted by Crippen LogP contribution is -2.62. The summed E-state index contributed by atoms with van der Waals surface area (Å²) in [5, 5.41) is 0. The van der Waals surface area contributed by atoms with Crippen LogP contribution in [-0.2, 0) is 4.74 Å². The molecule has 18 heavy (non-hydrogen) atoms. The summed E-state index contributed by atoms with van der Waals surface area (Å²) in [7, 11) is 0. The number of ether oxygens (including phenoxy) is 1. The number of hydrogen-bond donors (Lipinski definition) is 1. The molecule has 2 heterocycles. The number of rotatable bonds is 4. The monoisotopic (exact) mass is 254 g/mol. The van der Waals surface area contributed by atoms with E-state index in [1.165, 1.54) is 45.2 Å². The first-order valence-electron chi connectivity index (χ1n) is 7.77. The zero-order valence-electron chi connectivity index (χ0n) is 12.2. The van der Waals surface area contributed by atoms with Crippen LogP contribution in [0.5, 0.6) is 0 Å². The van der Waals surface area contributed by atoms with Gasteiger partial charge in [-0.1, -0.05) is 13.3 Å². The summed E-state index contributed by atoms with van der Waals surface area (Å²) in [5.74, 6) is 0.547. The fraction of sp³-hybridized carbons (Fsp3) is 1.00. The van der Waals surface area contributed by atoms with Gasteiger partial charge in [-0.25, -0.2) is 0 Å². The SMILES string of the molecule is CCC(C)(C(N)C1CCCOC1)N1CCCCC1. The van der Waals surface area contributed by atoms with Crippen molar-refractivity contribution in [2.75, 3.05) is 26.3 Å². The van der Waals surface area contributed by atoms with Gasteiger partial charge in [0.05, 0.1) is 6.61 Å². The topological polar surface area (TPSA) is 38.5 Å². The van der Waals surface area contributed by atoms with Gasteiger partial charge in [-0.05, 0) is 58.0 Å². The molecule has 2 fully saturated rings. The van der Waals surface area contributed by atoms with Crippen molar-refractivity contribution in [1.82, 2.24) is 4.90 Å². The Morgan fingerprint density at radius 2 is 2.00 bits per heavy atom. The van der Waals surface area contributed by atoms with Crippen molar-refractivity contribution >= 4 is 0 Å². The minimum atomic E-state index is 0.159. The Balaban J connectivity index is 2.03. The molecule has 3 nitrogen and oxygen atoms in total. The highest BCUT2D eigenvalue weighted by Gasteiger charge is 2.40. The Morgan fingerprint density at radius 3 is 2.56 bits per heavy atom. The zero-order valence-corrected chi connectivity index (χ0v) is 12.2. The quantitative estimate of drug-likeness (QED) is 0.837. The van der Waals surface area contributed by atoms with Crippen molar-refractivity contribution in [3.63, 3.8) is 0 Å². The smallest absolute Gasteiger partial charge is 0.0509 e. The maximum Gasteiger partial charge on any atom is 0.0509 e. The fourth-order valence-electron chi connectivity index (χ4n) is 3.63. The second-order valence-electron chi connectivity index (χ2n) is 6.26. The first kappa shape index (κ1) is 14.3. The molecule has 0 aromatic carbocycles. The van der Waals surface area contributed by atoms with E-state index in [-0.39, 0.29) is 11.6 Å². The van der Waals surface area contributed by atoms with Crippen molar-refractivity contribution in [3.8, 4) is 0 Å². The van der Waals surface area contributed by atoms with Gasteiger partial charge in [-0.15, -0.1) is 0 Å². The van der Waals surface area contributed by atoms with Crippen molar-refractivity contribution in [3.05, 3.63) is 0 Å². The van der Waals surface area contributed by atoms with Crippen molar-refractivity contribution in [1.29, 1.82) is 0 Å². The first-order chi connectivity index (χ1) is 8.68. The van der Waals surface area contributed by atoms with Crippen LogP contribution in [0, 0.1) is 5.92 Å². The highest BCUT2D eigenvalue weighted by molar-refractivity contribution is 4.99. The van der Waals surface area contributed by atoms with Gasteiger partial charge in [-0.3, -0.25) is 4.90 Å². The Morgan fingerprint density at radius 1 is 1.28 bits per heavy atom. The van der Waals surface area contributed by atoms with Gasteiger partial charge in [-0.2, -0.15) is 0 Å². The van der Waals surface area contributed by atoms with E-state index in [0.717, 1.165) is 19.6 Å². The van der Waals surface area contributed by atoms with Crippen LogP contribution in [-0.4, -0.2) is 42.8 Å². The molecule has 0 radical (unpaired) electrons. The molecule has 0 saturated carbocycles. The maximum absolute atomic E-state index is 6.65. The van der Waals surface area contributed by atoms with Crippen molar-refractivity contribution in [2.45, 2.75) is 64.0 Å². The first-order valence-corrected chi connectivity index (χ1v) is 7.77. The van der Waals surface area contributed by atoms with Crippen LogP contribution in [0.4, 0.5) is 0 Å². The van der Waals surface area contributed by atoms with Gasteiger partial charge in [0.2, 0.25) is 0 Å². The molecule has 2 rings (SSSR count). The molecule has 3 heteroatoms. The van der Waals surface area contributed by atoms with Crippen molar-refractivity contribution < 1.29 is 4.74 Å². The lowest BCUT2D eigenvalue weighted by atomic mass is 9.77. The van der Waals surface area contributed by atoms with Crippen molar-refractivity contribution in [2.24, 2.45) is 11.7 Å². The number of nitrogens with two attached hydrogens (primary N) is 1. The number of hydrogen-bond acceptors (Lipinski definition) is 3. The van der Waals surface area contributed by atoms with E-state index in [1.807, 2.05) is 0 Å². The fourth-order valence-corrected chi connectivity index (χ4v) is 3.63.